The summed E-state index contributed by atoms with van der Waals surface area (Å²) in [6, 6.07) is 4.57. The summed E-state index contributed by atoms with van der Waals surface area (Å²) in [6.45, 7) is 3.67. The number of hydrogen-bond donors (Lipinski definition) is 1. The number of benzene rings is 1. The summed E-state index contributed by atoms with van der Waals surface area (Å²) in [7, 11) is 0. The maximum absolute atomic E-state index is 10.9. The van der Waals surface area contributed by atoms with Crippen molar-refractivity contribution in [3.05, 3.63) is 46.7 Å². The van der Waals surface area contributed by atoms with Crippen LogP contribution in [0.1, 0.15) is 33.3 Å². The van der Waals surface area contributed by atoms with Crippen LogP contribution >= 0.6 is 0 Å². The molecule has 0 aliphatic rings. The molecule has 0 atom stereocenters. The fourth-order valence-electron chi connectivity index (χ4n) is 2.03. The Morgan fingerprint density at radius 2 is 2.10 bits per heavy atom. The van der Waals surface area contributed by atoms with E-state index in [0.717, 1.165) is 11.3 Å². The van der Waals surface area contributed by atoms with Crippen molar-refractivity contribution < 1.29 is 18.8 Å². The van der Waals surface area contributed by atoms with Gasteiger partial charge in [-0.3, -0.25) is 0 Å². The fourth-order valence-corrected chi connectivity index (χ4v) is 2.03. The molecular weight excluding hydrogens is 272 g/mol. The molecule has 0 radical (unpaired) electrons. The first-order valence-electron chi connectivity index (χ1n) is 6.29. The number of aryl methyl sites for hydroxylation is 2. The zero-order chi connectivity index (χ0) is 15.0. The van der Waals surface area contributed by atoms with Gasteiger partial charge in [0.15, 0.2) is 5.58 Å². The standard InChI is InChI=1S/C15H12N2O4/c1-8-11(9(2)21-17-8)4-6-14-16-12-5-3-10(15(18)19)7-13(12)20-14/h3-7H,1-2H3,(H,18,19)/b6-4+. The third-order valence-corrected chi connectivity index (χ3v) is 3.13. The van der Waals surface area contributed by atoms with Gasteiger partial charge in [-0.2, -0.15) is 0 Å². The van der Waals surface area contributed by atoms with Gasteiger partial charge < -0.3 is 14.0 Å². The average Bonchev–Trinajstić information content (AvgIpc) is 2.99. The van der Waals surface area contributed by atoms with E-state index in [0.29, 0.717) is 22.8 Å². The number of nitrogens with zero attached hydrogens (tertiary/aromatic N) is 2. The first kappa shape index (κ1) is 13.1. The summed E-state index contributed by atoms with van der Waals surface area (Å²) in [6.07, 6.45) is 3.51. The second-order valence-electron chi connectivity index (χ2n) is 4.61. The van der Waals surface area contributed by atoms with Crippen LogP contribution < -0.4 is 0 Å². The topological polar surface area (TPSA) is 89.4 Å². The highest BCUT2D eigenvalue weighted by Gasteiger charge is 2.09. The summed E-state index contributed by atoms with van der Waals surface area (Å²) in [5, 5.41) is 12.8. The number of aromatic carboxylic acids is 1. The Labute approximate surface area is 119 Å². The van der Waals surface area contributed by atoms with E-state index in [9.17, 15) is 4.79 Å². The Balaban J connectivity index is 1.96. The van der Waals surface area contributed by atoms with Crippen molar-refractivity contribution in [2.45, 2.75) is 13.8 Å². The molecule has 3 rings (SSSR count). The molecule has 21 heavy (non-hydrogen) atoms. The second kappa shape index (κ2) is 4.90. The molecule has 0 amide bonds. The second-order valence-corrected chi connectivity index (χ2v) is 4.61. The lowest BCUT2D eigenvalue weighted by molar-refractivity contribution is 0.0697. The molecular formula is C15H12N2O4. The molecule has 0 saturated carbocycles. The lowest BCUT2D eigenvalue weighted by atomic mass is 10.2. The van der Waals surface area contributed by atoms with Crippen molar-refractivity contribution in [2.24, 2.45) is 0 Å². The van der Waals surface area contributed by atoms with Gasteiger partial charge in [0.2, 0.25) is 5.89 Å². The largest absolute Gasteiger partial charge is 0.478 e. The molecule has 0 unspecified atom stereocenters. The number of rotatable bonds is 3. The quantitative estimate of drug-likeness (QED) is 0.793. The number of carboxylic acid groups (broad SMARTS) is 1. The predicted molar refractivity (Wildman–Crippen MR) is 75.9 cm³/mol. The molecule has 2 heterocycles. The van der Waals surface area contributed by atoms with Crippen LogP contribution in [0.15, 0.2) is 27.1 Å². The maximum atomic E-state index is 10.9. The minimum Gasteiger partial charge on any atom is -0.478 e. The van der Waals surface area contributed by atoms with E-state index in [1.54, 1.807) is 12.1 Å². The van der Waals surface area contributed by atoms with E-state index in [2.05, 4.69) is 10.1 Å². The lowest BCUT2D eigenvalue weighted by Crippen LogP contribution is -1.94. The smallest absolute Gasteiger partial charge is 0.335 e. The van der Waals surface area contributed by atoms with Gasteiger partial charge in [0, 0.05) is 11.6 Å². The van der Waals surface area contributed by atoms with Gasteiger partial charge in [-0.1, -0.05) is 5.16 Å². The summed E-state index contributed by atoms with van der Waals surface area (Å²) in [4.78, 5) is 15.2. The molecule has 0 spiro atoms. The van der Waals surface area contributed by atoms with Crippen LogP contribution in [0.25, 0.3) is 23.3 Å². The van der Waals surface area contributed by atoms with Crippen LogP contribution in [-0.4, -0.2) is 21.2 Å². The molecule has 6 heteroatoms. The van der Waals surface area contributed by atoms with Gasteiger partial charge >= 0.3 is 5.97 Å². The van der Waals surface area contributed by atoms with Gasteiger partial charge in [-0.25, -0.2) is 9.78 Å². The Hall–Kier alpha value is -2.89. The Morgan fingerprint density at radius 3 is 2.76 bits per heavy atom. The molecule has 0 fully saturated rings. The number of fused-ring (bicyclic) bond motifs is 1. The molecule has 6 nitrogen and oxygen atoms in total. The van der Waals surface area contributed by atoms with Crippen molar-refractivity contribution in [3.8, 4) is 0 Å². The van der Waals surface area contributed by atoms with Gasteiger partial charge in [0.25, 0.3) is 0 Å². The number of oxazole rings is 1. The highest BCUT2D eigenvalue weighted by atomic mass is 16.5. The van der Waals surface area contributed by atoms with Crippen molar-refractivity contribution >= 4 is 29.2 Å². The number of aromatic nitrogens is 2. The van der Waals surface area contributed by atoms with E-state index < -0.39 is 5.97 Å². The van der Waals surface area contributed by atoms with E-state index in [1.165, 1.54) is 12.1 Å². The Kier molecular flexibility index (Phi) is 3.06. The average molecular weight is 284 g/mol. The van der Waals surface area contributed by atoms with Crippen molar-refractivity contribution in [1.29, 1.82) is 0 Å². The molecule has 106 valence electrons. The van der Waals surface area contributed by atoms with Crippen molar-refractivity contribution in [2.75, 3.05) is 0 Å². The van der Waals surface area contributed by atoms with E-state index in [4.69, 9.17) is 14.0 Å². The van der Waals surface area contributed by atoms with Gasteiger partial charge in [-0.05, 0) is 38.1 Å². The van der Waals surface area contributed by atoms with E-state index in [1.807, 2.05) is 19.9 Å². The Morgan fingerprint density at radius 1 is 1.29 bits per heavy atom. The van der Waals surface area contributed by atoms with Crippen molar-refractivity contribution in [1.82, 2.24) is 10.1 Å². The molecule has 3 aromatic rings. The molecule has 0 aliphatic heterocycles. The predicted octanol–water partition coefficient (Wildman–Crippen LogP) is 3.30. The SMILES string of the molecule is Cc1noc(C)c1/C=C/c1nc2ccc(C(=O)O)cc2o1. The van der Waals surface area contributed by atoms with Crippen LogP contribution in [0.5, 0.6) is 0 Å². The van der Waals surface area contributed by atoms with Gasteiger partial charge in [0.05, 0.1) is 11.3 Å². The van der Waals surface area contributed by atoms with Crippen LogP contribution in [-0.2, 0) is 0 Å². The van der Waals surface area contributed by atoms with Crippen LogP contribution in [0.2, 0.25) is 0 Å². The first-order valence-corrected chi connectivity index (χ1v) is 6.29. The highest BCUT2D eigenvalue weighted by molar-refractivity contribution is 5.92. The summed E-state index contributed by atoms with van der Waals surface area (Å²) in [5.41, 5.74) is 2.88. The van der Waals surface area contributed by atoms with Crippen LogP contribution in [0, 0.1) is 13.8 Å². The Bertz CT molecular complexity index is 838. The molecule has 2 aromatic heterocycles. The molecule has 1 aromatic carbocycles. The third kappa shape index (κ3) is 2.43. The lowest BCUT2D eigenvalue weighted by Gasteiger charge is -1.91. The third-order valence-electron chi connectivity index (χ3n) is 3.13. The van der Waals surface area contributed by atoms with Crippen LogP contribution in [0.3, 0.4) is 0 Å². The normalized spacial score (nSPS) is 11.5. The molecule has 0 aliphatic carbocycles. The first-order chi connectivity index (χ1) is 10.0. The molecule has 1 N–H and O–H groups in total. The monoisotopic (exact) mass is 284 g/mol. The van der Waals surface area contributed by atoms with Crippen molar-refractivity contribution in [3.63, 3.8) is 0 Å². The van der Waals surface area contributed by atoms with E-state index in [-0.39, 0.29) is 5.56 Å². The zero-order valence-corrected chi connectivity index (χ0v) is 11.5. The highest BCUT2D eigenvalue weighted by Crippen LogP contribution is 2.20. The summed E-state index contributed by atoms with van der Waals surface area (Å²) < 4.78 is 10.6. The number of carbonyl (C=O) groups is 1. The summed E-state index contributed by atoms with van der Waals surface area (Å²) in [5.74, 6) is 0.113. The van der Waals surface area contributed by atoms with Gasteiger partial charge in [0.1, 0.15) is 11.3 Å². The van der Waals surface area contributed by atoms with Gasteiger partial charge in [-0.15, -0.1) is 0 Å². The van der Waals surface area contributed by atoms with E-state index >= 15 is 0 Å². The minimum absolute atomic E-state index is 0.167. The zero-order valence-electron chi connectivity index (χ0n) is 11.5. The molecule has 0 bridgehead atoms. The number of hydrogen-bond acceptors (Lipinski definition) is 5. The van der Waals surface area contributed by atoms with Crippen LogP contribution in [0.4, 0.5) is 0 Å². The summed E-state index contributed by atoms with van der Waals surface area (Å²) >= 11 is 0. The maximum Gasteiger partial charge on any atom is 0.335 e. The minimum atomic E-state index is -0.999. The fraction of sp³-hybridized carbons (Fsp3) is 0.133. The number of carboxylic acids is 1. The molecule has 0 saturated heterocycles.